The Morgan fingerprint density at radius 1 is 1.18 bits per heavy atom. The first kappa shape index (κ1) is 21.7. The van der Waals surface area contributed by atoms with E-state index in [9.17, 15) is 14.4 Å². The van der Waals surface area contributed by atoms with Gasteiger partial charge in [-0.05, 0) is 31.2 Å². The van der Waals surface area contributed by atoms with E-state index in [1.54, 1.807) is 13.0 Å². The molecular formula is C20H16ClFN10O. The number of hydrogen-bond acceptors (Lipinski definition) is 10. The summed E-state index contributed by atoms with van der Waals surface area (Å²) in [5, 5.41) is 12.0. The molecule has 4 aromatic rings. The molecule has 11 nitrogen and oxygen atoms in total. The zero-order valence-corrected chi connectivity index (χ0v) is 17.8. The summed E-state index contributed by atoms with van der Waals surface area (Å²) in [6.07, 6.45) is 1.37. The maximum Gasteiger partial charge on any atom is 0.267 e. The quantitative estimate of drug-likeness (QED) is 0.347. The highest BCUT2D eigenvalue weighted by Gasteiger charge is 2.23. The van der Waals surface area contributed by atoms with Crippen LogP contribution in [0.5, 0.6) is 0 Å². The van der Waals surface area contributed by atoms with Crippen LogP contribution in [0.25, 0.3) is 16.6 Å². The fourth-order valence-corrected chi connectivity index (χ4v) is 3.52. The van der Waals surface area contributed by atoms with Crippen LogP contribution < -0.4 is 28.1 Å². The van der Waals surface area contributed by atoms with Crippen LogP contribution in [0.2, 0.25) is 5.02 Å². The number of hydrogen-bond donors (Lipinski definition) is 4. The molecule has 3 aromatic heterocycles. The predicted octanol–water partition coefficient (Wildman–Crippen LogP) is 2.15. The second-order valence-corrected chi connectivity index (χ2v) is 7.35. The molecule has 0 radical (unpaired) electrons. The lowest BCUT2D eigenvalue weighted by Crippen LogP contribution is -2.28. The average Bonchev–Trinajstić information content (AvgIpc) is 2.76. The van der Waals surface area contributed by atoms with Crippen LogP contribution >= 0.6 is 11.6 Å². The van der Waals surface area contributed by atoms with Crippen molar-refractivity contribution in [3.63, 3.8) is 0 Å². The Morgan fingerprint density at radius 2 is 1.94 bits per heavy atom. The molecule has 1 unspecified atom stereocenters. The Morgan fingerprint density at radius 3 is 2.61 bits per heavy atom. The Hall–Kier alpha value is -4.50. The standard InChI is InChI=1S/C20H16ClFN10O/c1-8(28-17-10(6-23)16(25)30-20(26)31-17)18-29-12-4-3-11(22)15(21)14(12)19(33)32(18)9-2-5-13(24)27-7-9/h2-5,7-8H,1H3,(H2,24,27)(H5,25,26,28,30,31). The van der Waals surface area contributed by atoms with E-state index in [1.807, 2.05) is 6.07 Å². The van der Waals surface area contributed by atoms with Gasteiger partial charge in [0.2, 0.25) is 5.95 Å². The van der Waals surface area contributed by atoms with Crippen molar-refractivity contribution in [3.8, 4) is 11.8 Å². The molecule has 4 rings (SSSR count). The molecule has 0 aliphatic heterocycles. The van der Waals surface area contributed by atoms with Gasteiger partial charge >= 0.3 is 0 Å². The van der Waals surface area contributed by atoms with Crippen molar-refractivity contribution in [1.29, 1.82) is 5.26 Å². The molecule has 0 fully saturated rings. The van der Waals surface area contributed by atoms with Gasteiger partial charge in [0.05, 0.1) is 33.9 Å². The van der Waals surface area contributed by atoms with E-state index < -0.39 is 17.4 Å². The molecule has 0 aliphatic rings. The summed E-state index contributed by atoms with van der Waals surface area (Å²) >= 11 is 6.09. The van der Waals surface area contributed by atoms with Gasteiger partial charge < -0.3 is 22.5 Å². The van der Waals surface area contributed by atoms with Gasteiger partial charge in [0.1, 0.15) is 34.9 Å². The van der Waals surface area contributed by atoms with Crippen molar-refractivity contribution < 1.29 is 4.39 Å². The molecule has 1 atom stereocenters. The molecule has 0 amide bonds. The van der Waals surface area contributed by atoms with Crippen molar-refractivity contribution in [2.75, 3.05) is 22.5 Å². The smallest absolute Gasteiger partial charge is 0.267 e. The molecule has 13 heteroatoms. The van der Waals surface area contributed by atoms with Gasteiger partial charge in [0, 0.05) is 0 Å². The van der Waals surface area contributed by atoms with Gasteiger partial charge in [-0.25, -0.2) is 14.4 Å². The van der Waals surface area contributed by atoms with Crippen LogP contribution in [-0.4, -0.2) is 24.5 Å². The summed E-state index contributed by atoms with van der Waals surface area (Å²) in [7, 11) is 0. The summed E-state index contributed by atoms with van der Waals surface area (Å²) in [6.45, 7) is 1.68. The van der Waals surface area contributed by atoms with Crippen LogP contribution in [0.3, 0.4) is 0 Å². The zero-order valence-electron chi connectivity index (χ0n) is 17.0. The van der Waals surface area contributed by atoms with Crippen LogP contribution in [0, 0.1) is 17.1 Å². The molecule has 166 valence electrons. The lowest BCUT2D eigenvalue weighted by atomic mass is 10.2. The second-order valence-electron chi connectivity index (χ2n) is 6.98. The highest BCUT2D eigenvalue weighted by Crippen LogP contribution is 2.28. The Kier molecular flexibility index (Phi) is 5.40. The number of nitrogens with zero attached hydrogens (tertiary/aromatic N) is 6. The third kappa shape index (κ3) is 3.81. The Labute approximate surface area is 190 Å². The highest BCUT2D eigenvalue weighted by atomic mass is 35.5. The minimum absolute atomic E-state index is 0.0231. The molecule has 0 saturated heterocycles. The first-order valence-corrected chi connectivity index (χ1v) is 9.81. The molecule has 33 heavy (non-hydrogen) atoms. The Bertz CT molecular complexity index is 1500. The van der Waals surface area contributed by atoms with Gasteiger partial charge in [-0.15, -0.1) is 0 Å². The van der Waals surface area contributed by atoms with Gasteiger partial charge in [0.25, 0.3) is 5.56 Å². The number of nitrogens with two attached hydrogens (primary N) is 3. The zero-order chi connectivity index (χ0) is 23.9. The summed E-state index contributed by atoms with van der Waals surface area (Å²) < 4.78 is 15.3. The van der Waals surface area contributed by atoms with E-state index >= 15 is 0 Å². The number of halogens is 2. The number of benzene rings is 1. The highest BCUT2D eigenvalue weighted by molar-refractivity contribution is 6.35. The minimum Gasteiger partial charge on any atom is -0.384 e. The first-order chi connectivity index (χ1) is 15.7. The van der Waals surface area contributed by atoms with Gasteiger partial charge in [-0.2, -0.15) is 15.2 Å². The summed E-state index contributed by atoms with van der Waals surface area (Å²) in [4.78, 5) is 29.8. The summed E-state index contributed by atoms with van der Waals surface area (Å²) in [6, 6.07) is 6.72. The van der Waals surface area contributed by atoms with Crippen molar-refractivity contribution in [3.05, 3.63) is 63.0 Å². The van der Waals surface area contributed by atoms with Crippen molar-refractivity contribution in [2.45, 2.75) is 13.0 Å². The first-order valence-electron chi connectivity index (χ1n) is 9.43. The average molecular weight is 467 g/mol. The van der Waals surface area contributed by atoms with E-state index in [2.05, 4.69) is 25.3 Å². The number of pyridine rings is 1. The van der Waals surface area contributed by atoms with Crippen LogP contribution in [0.1, 0.15) is 24.4 Å². The van der Waals surface area contributed by atoms with E-state index in [4.69, 9.17) is 28.8 Å². The fourth-order valence-electron chi connectivity index (χ4n) is 3.28. The Balaban J connectivity index is 1.96. The van der Waals surface area contributed by atoms with Gasteiger partial charge in [0.15, 0.2) is 5.82 Å². The molecule has 1 aromatic carbocycles. The lowest BCUT2D eigenvalue weighted by molar-refractivity contribution is 0.629. The van der Waals surface area contributed by atoms with Gasteiger partial charge in [-0.1, -0.05) is 11.6 Å². The monoisotopic (exact) mass is 466 g/mol. The molecule has 0 bridgehead atoms. The summed E-state index contributed by atoms with van der Waals surface area (Å²) in [5.41, 5.74) is 17.0. The maximum atomic E-state index is 14.1. The predicted molar refractivity (Wildman–Crippen MR) is 122 cm³/mol. The van der Waals surface area contributed by atoms with Crippen LogP contribution in [0.4, 0.5) is 27.8 Å². The largest absolute Gasteiger partial charge is 0.384 e. The molecular weight excluding hydrogens is 451 g/mol. The SMILES string of the molecule is CC(Nc1nc(N)nc(N)c1C#N)c1nc2ccc(F)c(Cl)c2c(=O)n1-c1ccc(N)nc1. The molecule has 7 N–H and O–H groups in total. The van der Waals surface area contributed by atoms with Crippen molar-refractivity contribution in [2.24, 2.45) is 0 Å². The normalized spacial score (nSPS) is 11.8. The van der Waals surface area contributed by atoms with E-state index in [0.717, 1.165) is 6.07 Å². The third-order valence-electron chi connectivity index (χ3n) is 4.79. The van der Waals surface area contributed by atoms with Crippen LogP contribution in [-0.2, 0) is 0 Å². The molecule has 3 heterocycles. The van der Waals surface area contributed by atoms with Crippen LogP contribution in [0.15, 0.2) is 35.3 Å². The van der Waals surface area contributed by atoms with E-state index in [0.29, 0.717) is 5.69 Å². The molecule has 0 saturated carbocycles. The number of aromatic nitrogens is 5. The molecule has 0 spiro atoms. The number of anilines is 4. The summed E-state index contributed by atoms with van der Waals surface area (Å²) in [5.74, 6) is -0.508. The number of rotatable bonds is 4. The minimum atomic E-state index is -0.755. The number of nitrogen functional groups attached to an aromatic ring is 3. The third-order valence-corrected chi connectivity index (χ3v) is 5.16. The van der Waals surface area contributed by atoms with Crippen molar-refractivity contribution in [1.82, 2.24) is 24.5 Å². The van der Waals surface area contributed by atoms with Crippen molar-refractivity contribution >= 4 is 45.9 Å². The number of fused-ring (bicyclic) bond motifs is 1. The second kappa shape index (κ2) is 8.21. The van der Waals surface area contributed by atoms with Gasteiger partial charge in [-0.3, -0.25) is 9.36 Å². The fraction of sp³-hybridized carbons (Fsp3) is 0.100. The van der Waals surface area contributed by atoms with E-state index in [1.165, 1.54) is 22.9 Å². The number of nitrogens with one attached hydrogen (secondary N) is 1. The lowest BCUT2D eigenvalue weighted by Gasteiger charge is -2.21. The number of nitriles is 1. The maximum absolute atomic E-state index is 14.1. The molecule has 0 aliphatic carbocycles. The topological polar surface area (TPSA) is 187 Å². The van der Waals surface area contributed by atoms with E-state index in [-0.39, 0.29) is 50.7 Å².